The molecule has 154 valence electrons. The Hall–Kier alpha value is -2.04. The summed E-state index contributed by atoms with van der Waals surface area (Å²) in [7, 11) is 0. The van der Waals surface area contributed by atoms with Gasteiger partial charge in [-0.2, -0.15) is 0 Å². The third-order valence-corrected chi connectivity index (χ3v) is 6.25. The maximum absolute atomic E-state index is 12.7. The number of nitrogens with zero attached hydrogens (tertiary/aromatic N) is 1. The van der Waals surface area contributed by atoms with Gasteiger partial charge in [0.25, 0.3) is 0 Å². The zero-order chi connectivity index (χ0) is 20.3. The van der Waals surface area contributed by atoms with Gasteiger partial charge in [-0.1, -0.05) is 20.8 Å². The minimum atomic E-state index is -0.264. The first-order chi connectivity index (χ1) is 13.3. The summed E-state index contributed by atoms with van der Waals surface area (Å²) in [5.41, 5.74) is 1.17. The summed E-state index contributed by atoms with van der Waals surface area (Å²) < 4.78 is 5.46. The van der Waals surface area contributed by atoms with Crippen molar-refractivity contribution in [2.45, 2.75) is 65.8 Å². The molecule has 2 fully saturated rings. The Labute approximate surface area is 168 Å². The number of carbonyl (C=O) groups is 2. The van der Waals surface area contributed by atoms with Gasteiger partial charge in [-0.25, -0.2) is 0 Å². The van der Waals surface area contributed by atoms with Crippen molar-refractivity contribution in [3.05, 3.63) is 24.3 Å². The summed E-state index contributed by atoms with van der Waals surface area (Å²) in [6.07, 6.45) is 4.69. The first kappa shape index (κ1) is 20.7. The molecular formula is C23H34N2O3. The van der Waals surface area contributed by atoms with Gasteiger partial charge in [-0.15, -0.1) is 0 Å². The lowest BCUT2D eigenvalue weighted by atomic mass is 9.71. The Bertz CT molecular complexity index is 685. The predicted octanol–water partition coefficient (Wildman–Crippen LogP) is 4.16. The van der Waals surface area contributed by atoms with Crippen LogP contribution in [-0.2, 0) is 9.59 Å². The lowest BCUT2D eigenvalue weighted by Gasteiger charge is -2.37. The molecule has 3 rings (SSSR count). The van der Waals surface area contributed by atoms with E-state index in [1.807, 2.05) is 31.2 Å². The van der Waals surface area contributed by atoms with E-state index in [4.69, 9.17) is 4.74 Å². The molecule has 1 aliphatic heterocycles. The van der Waals surface area contributed by atoms with Crippen molar-refractivity contribution < 1.29 is 14.3 Å². The first-order valence-corrected chi connectivity index (χ1v) is 10.6. The van der Waals surface area contributed by atoms with Crippen LogP contribution in [-0.4, -0.2) is 31.0 Å². The molecule has 1 N–H and O–H groups in total. The van der Waals surface area contributed by atoms with Crippen molar-refractivity contribution >= 4 is 17.5 Å². The van der Waals surface area contributed by atoms with Crippen LogP contribution in [0.25, 0.3) is 0 Å². The molecule has 0 radical (unpaired) electrons. The van der Waals surface area contributed by atoms with Crippen LogP contribution in [0.15, 0.2) is 24.3 Å². The van der Waals surface area contributed by atoms with Gasteiger partial charge in [-0.3, -0.25) is 9.59 Å². The van der Waals surface area contributed by atoms with E-state index in [1.165, 1.54) is 0 Å². The highest BCUT2D eigenvalue weighted by atomic mass is 16.5. The number of hydrogen-bond donors (Lipinski definition) is 1. The molecule has 1 aliphatic carbocycles. The second-order valence-electron chi connectivity index (χ2n) is 9.26. The third-order valence-electron chi connectivity index (χ3n) is 6.25. The molecule has 5 heteroatoms. The van der Waals surface area contributed by atoms with Crippen LogP contribution >= 0.6 is 0 Å². The van der Waals surface area contributed by atoms with Crippen LogP contribution in [0.2, 0.25) is 0 Å². The van der Waals surface area contributed by atoms with E-state index >= 15 is 0 Å². The van der Waals surface area contributed by atoms with Crippen LogP contribution in [0.1, 0.15) is 59.8 Å². The summed E-state index contributed by atoms with van der Waals surface area (Å²) >= 11 is 0. The topological polar surface area (TPSA) is 58.6 Å². The van der Waals surface area contributed by atoms with Crippen LogP contribution in [0.5, 0.6) is 5.75 Å². The molecule has 1 atom stereocenters. The standard InChI is InChI=1S/C23H34N2O3/c1-5-28-20-12-10-19(11-13-20)25-15-16(14-21(25)26)22(27)24-18-8-6-17(7-9-18)23(2,3)4/h10-13,16-18H,5-9,14-15H2,1-4H3,(H,24,27)/t16-,17?,18?/m0/s1. The highest BCUT2D eigenvalue weighted by Crippen LogP contribution is 2.38. The van der Waals surface area contributed by atoms with Gasteiger partial charge in [0.2, 0.25) is 11.8 Å². The van der Waals surface area contributed by atoms with Crippen LogP contribution in [0.4, 0.5) is 5.69 Å². The minimum Gasteiger partial charge on any atom is -0.494 e. The highest BCUT2D eigenvalue weighted by Gasteiger charge is 2.37. The summed E-state index contributed by atoms with van der Waals surface area (Å²) in [4.78, 5) is 26.9. The van der Waals surface area contributed by atoms with E-state index in [0.717, 1.165) is 43.0 Å². The molecule has 1 saturated heterocycles. The Morgan fingerprint density at radius 2 is 1.79 bits per heavy atom. The number of ether oxygens (including phenoxy) is 1. The molecule has 28 heavy (non-hydrogen) atoms. The monoisotopic (exact) mass is 386 g/mol. The second-order valence-corrected chi connectivity index (χ2v) is 9.26. The van der Waals surface area contributed by atoms with Gasteiger partial charge in [0, 0.05) is 24.7 Å². The SMILES string of the molecule is CCOc1ccc(N2C[C@@H](C(=O)NC3CCC(C(C)(C)C)CC3)CC2=O)cc1. The summed E-state index contributed by atoms with van der Waals surface area (Å²) in [5.74, 6) is 1.29. The molecule has 0 aromatic heterocycles. The van der Waals surface area contributed by atoms with Crippen LogP contribution in [0, 0.1) is 17.3 Å². The molecule has 5 nitrogen and oxygen atoms in total. The molecule has 1 aromatic carbocycles. The smallest absolute Gasteiger partial charge is 0.227 e. The van der Waals surface area contributed by atoms with Gasteiger partial charge in [0.1, 0.15) is 5.75 Å². The molecule has 1 saturated carbocycles. The number of hydrogen-bond acceptors (Lipinski definition) is 3. The van der Waals surface area contributed by atoms with E-state index in [1.54, 1.807) is 4.90 Å². The average molecular weight is 387 g/mol. The molecule has 2 aliphatic rings. The number of carbonyl (C=O) groups excluding carboxylic acids is 2. The fourth-order valence-electron chi connectivity index (χ4n) is 4.44. The number of anilines is 1. The Morgan fingerprint density at radius 1 is 1.14 bits per heavy atom. The first-order valence-electron chi connectivity index (χ1n) is 10.6. The number of benzene rings is 1. The largest absolute Gasteiger partial charge is 0.494 e. The number of amides is 2. The fraction of sp³-hybridized carbons (Fsp3) is 0.652. The summed E-state index contributed by atoms with van der Waals surface area (Å²) in [6.45, 7) is 9.91. The molecule has 0 spiro atoms. The predicted molar refractivity (Wildman–Crippen MR) is 111 cm³/mol. The molecule has 2 amide bonds. The van der Waals surface area contributed by atoms with Crippen molar-refractivity contribution in [3.8, 4) is 5.75 Å². The van der Waals surface area contributed by atoms with Crippen LogP contribution in [0.3, 0.4) is 0 Å². The van der Waals surface area contributed by atoms with Gasteiger partial charge >= 0.3 is 0 Å². The van der Waals surface area contributed by atoms with E-state index in [0.29, 0.717) is 18.6 Å². The quantitative estimate of drug-likeness (QED) is 0.827. The number of nitrogens with one attached hydrogen (secondary N) is 1. The lowest BCUT2D eigenvalue weighted by molar-refractivity contribution is -0.127. The molecule has 1 heterocycles. The maximum atomic E-state index is 12.7. The fourth-order valence-corrected chi connectivity index (χ4v) is 4.44. The van der Waals surface area contributed by atoms with Crippen molar-refractivity contribution in [1.29, 1.82) is 0 Å². The minimum absolute atomic E-state index is 0.0146. The Kier molecular flexibility index (Phi) is 6.31. The third kappa shape index (κ3) is 4.86. The second kappa shape index (κ2) is 8.54. The van der Waals surface area contributed by atoms with E-state index in [9.17, 15) is 9.59 Å². The van der Waals surface area contributed by atoms with Crippen molar-refractivity contribution in [2.24, 2.45) is 17.3 Å². The lowest BCUT2D eigenvalue weighted by Crippen LogP contribution is -2.42. The van der Waals surface area contributed by atoms with Crippen molar-refractivity contribution in [3.63, 3.8) is 0 Å². The van der Waals surface area contributed by atoms with Gasteiger partial charge < -0.3 is 15.0 Å². The molecule has 1 aromatic rings. The van der Waals surface area contributed by atoms with Crippen LogP contribution < -0.4 is 15.0 Å². The zero-order valence-electron chi connectivity index (χ0n) is 17.7. The van der Waals surface area contributed by atoms with Crippen molar-refractivity contribution in [2.75, 3.05) is 18.1 Å². The van der Waals surface area contributed by atoms with E-state index in [2.05, 4.69) is 26.1 Å². The Morgan fingerprint density at radius 3 is 2.36 bits per heavy atom. The molecule has 0 bridgehead atoms. The normalized spacial score (nSPS) is 25.6. The van der Waals surface area contributed by atoms with Gasteiger partial charge in [0.15, 0.2) is 0 Å². The van der Waals surface area contributed by atoms with Gasteiger partial charge in [0.05, 0.1) is 12.5 Å². The Balaban J connectivity index is 1.53. The molecule has 0 unspecified atom stereocenters. The maximum Gasteiger partial charge on any atom is 0.227 e. The summed E-state index contributed by atoms with van der Waals surface area (Å²) in [5, 5.41) is 3.21. The highest BCUT2D eigenvalue weighted by molar-refractivity contribution is 6.00. The molecular weight excluding hydrogens is 352 g/mol. The summed E-state index contributed by atoms with van der Waals surface area (Å²) in [6, 6.07) is 7.76. The van der Waals surface area contributed by atoms with Crippen molar-refractivity contribution in [1.82, 2.24) is 5.32 Å². The number of rotatable bonds is 5. The van der Waals surface area contributed by atoms with E-state index < -0.39 is 0 Å². The zero-order valence-corrected chi connectivity index (χ0v) is 17.7. The average Bonchev–Trinajstić information content (AvgIpc) is 3.04. The van der Waals surface area contributed by atoms with Gasteiger partial charge in [-0.05, 0) is 68.2 Å². The van der Waals surface area contributed by atoms with E-state index in [-0.39, 0.29) is 30.2 Å².